The predicted molar refractivity (Wildman–Crippen MR) is 87.3 cm³/mol. The summed E-state index contributed by atoms with van der Waals surface area (Å²) in [6, 6.07) is 10.5. The van der Waals surface area contributed by atoms with E-state index >= 15 is 0 Å². The third-order valence-electron chi connectivity index (χ3n) is 4.64. The molecule has 1 aromatic rings. The van der Waals surface area contributed by atoms with Crippen molar-refractivity contribution >= 4 is 5.97 Å². The van der Waals surface area contributed by atoms with Gasteiger partial charge in [0.2, 0.25) is 0 Å². The maximum absolute atomic E-state index is 12.2. The molecule has 2 bridgehead atoms. The molecule has 126 valence electrons. The molecule has 2 fully saturated rings. The summed E-state index contributed by atoms with van der Waals surface area (Å²) >= 11 is 0. The van der Waals surface area contributed by atoms with Crippen molar-refractivity contribution in [3.05, 3.63) is 35.9 Å². The van der Waals surface area contributed by atoms with E-state index in [0.717, 1.165) is 32.2 Å². The van der Waals surface area contributed by atoms with Crippen LogP contribution in [0.5, 0.6) is 0 Å². The number of hydroxylamine groups is 2. The summed E-state index contributed by atoms with van der Waals surface area (Å²) in [5, 5.41) is 2.03. The summed E-state index contributed by atoms with van der Waals surface area (Å²) in [6.07, 6.45) is 3.83. The third kappa shape index (κ3) is 4.10. The largest absolute Gasteiger partial charge is 0.465 e. The van der Waals surface area contributed by atoms with Gasteiger partial charge in [-0.2, -0.15) is 5.06 Å². The zero-order valence-corrected chi connectivity index (χ0v) is 13.8. The number of carbonyl (C=O) groups is 1. The van der Waals surface area contributed by atoms with Crippen molar-refractivity contribution < 1.29 is 14.4 Å². The van der Waals surface area contributed by atoms with Crippen LogP contribution >= 0.6 is 0 Å². The monoisotopic (exact) mass is 318 g/mol. The SMILES string of the molecule is CCCCOC(=O)C1CCC2CN1CN2OCc1ccccc1. The van der Waals surface area contributed by atoms with Crippen LogP contribution in [0.25, 0.3) is 0 Å². The Morgan fingerprint density at radius 2 is 2.09 bits per heavy atom. The zero-order valence-electron chi connectivity index (χ0n) is 13.8. The van der Waals surface area contributed by atoms with Crippen LogP contribution in [0.2, 0.25) is 0 Å². The fraction of sp³-hybridized carbons (Fsp3) is 0.611. The van der Waals surface area contributed by atoms with E-state index in [9.17, 15) is 4.79 Å². The first-order valence-corrected chi connectivity index (χ1v) is 8.62. The van der Waals surface area contributed by atoms with Gasteiger partial charge in [0.15, 0.2) is 0 Å². The molecule has 2 aliphatic rings. The van der Waals surface area contributed by atoms with Gasteiger partial charge in [-0.1, -0.05) is 43.7 Å². The van der Waals surface area contributed by atoms with E-state index in [-0.39, 0.29) is 12.0 Å². The van der Waals surface area contributed by atoms with Gasteiger partial charge in [-0.15, -0.1) is 0 Å². The van der Waals surface area contributed by atoms with Crippen LogP contribution < -0.4 is 0 Å². The van der Waals surface area contributed by atoms with Crippen LogP contribution in [0.4, 0.5) is 0 Å². The Labute approximate surface area is 138 Å². The van der Waals surface area contributed by atoms with Gasteiger partial charge in [0.1, 0.15) is 6.04 Å². The highest BCUT2D eigenvalue weighted by molar-refractivity contribution is 5.76. The average molecular weight is 318 g/mol. The Kier molecular flexibility index (Phi) is 5.65. The molecule has 0 aromatic heterocycles. The van der Waals surface area contributed by atoms with E-state index in [2.05, 4.69) is 24.0 Å². The van der Waals surface area contributed by atoms with Gasteiger partial charge >= 0.3 is 5.97 Å². The summed E-state index contributed by atoms with van der Waals surface area (Å²) in [5.74, 6) is -0.0678. The molecule has 0 N–H and O–H groups in total. The van der Waals surface area contributed by atoms with E-state index in [1.807, 2.05) is 23.3 Å². The maximum atomic E-state index is 12.2. The Morgan fingerprint density at radius 1 is 1.26 bits per heavy atom. The highest BCUT2D eigenvalue weighted by atomic mass is 16.7. The van der Waals surface area contributed by atoms with Crippen molar-refractivity contribution in [2.45, 2.75) is 51.3 Å². The number of unbranched alkanes of at least 4 members (excludes halogenated alkanes) is 1. The molecule has 2 heterocycles. The van der Waals surface area contributed by atoms with Crippen molar-refractivity contribution in [3.8, 4) is 0 Å². The third-order valence-corrected chi connectivity index (χ3v) is 4.64. The van der Waals surface area contributed by atoms with E-state index in [1.54, 1.807) is 0 Å². The standard InChI is InChI=1S/C18H26N2O3/c1-2-3-11-22-18(21)17-10-9-16-12-19(17)14-20(16)23-13-15-7-5-4-6-8-15/h4-8,16-17H,2-3,9-14H2,1H3. The van der Waals surface area contributed by atoms with Gasteiger partial charge in [-0.05, 0) is 24.8 Å². The maximum Gasteiger partial charge on any atom is 0.323 e. The minimum atomic E-state index is -0.103. The number of fused-ring (bicyclic) bond motifs is 2. The number of hydrogen-bond donors (Lipinski definition) is 0. The average Bonchev–Trinajstić information content (AvgIpc) is 2.90. The molecule has 3 rings (SSSR count). The molecule has 0 radical (unpaired) electrons. The number of rotatable bonds is 7. The fourth-order valence-corrected chi connectivity index (χ4v) is 3.27. The van der Waals surface area contributed by atoms with Gasteiger partial charge in [-0.25, -0.2) is 0 Å². The fourth-order valence-electron chi connectivity index (χ4n) is 3.27. The second kappa shape index (κ2) is 7.90. The number of ether oxygens (including phenoxy) is 1. The van der Waals surface area contributed by atoms with Gasteiger partial charge in [-0.3, -0.25) is 14.5 Å². The minimum absolute atomic E-state index is 0.0678. The minimum Gasteiger partial charge on any atom is -0.465 e. The van der Waals surface area contributed by atoms with E-state index in [1.165, 1.54) is 5.56 Å². The molecule has 0 amide bonds. The topological polar surface area (TPSA) is 42.0 Å². The normalized spacial score (nSPS) is 27.1. The quantitative estimate of drug-likeness (QED) is 0.571. The lowest BCUT2D eigenvalue weighted by molar-refractivity contribution is -0.182. The molecule has 3 unspecified atom stereocenters. The second-order valence-electron chi connectivity index (χ2n) is 6.36. The van der Waals surface area contributed by atoms with Crippen molar-refractivity contribution in [1.29, 1.82) is 0 Å². The number of benzene rings is 1. The number of nitrogens with zero attached hydrogens (tertiary/aromatic N) is 2. The summed E-state index contributed by atoms with van der Waals surface area (Å²) in [5.41, 5.74) is 1.17. The Balaban J connectivity index is 1.49. The van der Waals surface area contributed by atoms with Crippen LogP contribution in [-0.4, -0.2) is 47.8 Å². The Hall–Kier alpha value is -1.43. The molecule has 1 aromatic carbocycles. The summed E-state index contributed by atoms with van der Waals surface area (Å²) in [7, 11) is 0. The number of carbonyl (C=O) groups excluding carboxylic acids is 1. The zero-order chi connectivity index (χ0) is 16.1. The van der Waals surface area contributed by atoms with Crippen LogP contribution in [0, 0.1) is 0 Å². The first kappa shape index (κ1) is 16.4. The summed E-state index contributed by atoms with van der Waals surface area (Å²) in [4.78, 5) is 20.4. The van der Waals surface area contributed by atoms with Crippen molar-refractivity contribution in [1.82, 2.24) is 9.96 Å². The van der Waals surface area contributed by atoms with Crippen molar-refractivity contribution in [2.75, 3.05) is 19.8 Å². The smallest absolute Gasteiger partial charge is 0.323 e. The van der Waals surface area contributed by atoms with Gasteiger partial charge in [0.05, 0.1) is 19.9 Å². The predicted octanol–water partition coefficient (Wildman–Crippen LogP) is 2.57. The van der Waals surface area contributed by atoms with Gasteiger partial charge in [0, 0.05) is 12.6 Å². The summed E-state index contributed by atoms with van der Waals surface area (Å²) in [6.45, 7) is 4.79. The summed E-state index contributed by atoms with van der Waals surface area (Å²) < 4.78 is 5.40. The van der Waals surface area contributed by atoms with Crippen LogP contribution in [0.1, 0.15) is 38.2 Å². The van der Waals surface area contributed by atoms with Crippen LogP contribution in [-0.2, 0) is 21.0 Å². The van der Waals surface area contributed by atoms with E-state index in [0.29, 0.717) is 25.9 Å². The molecule has 3 atom stereocenters. The molecular formula is C18H26N2O3. The van der Waals surface area contributed by atoms with E-state index < -0.39 is 0 Å². The Morgan fingerprint density at radius 3 is 2.87 bits per heavy atom. The van der Waals surface area contributed by atoms with Gasteiger partial charge in [0.25, 0.3) is 0 Å². The molecular weight excluding hydrogens is 292 g/mol. The van der Waals surface area contributed by atoms with Gasteiger partial charge < -0.3 is 4.74 Å². The molecule has 0 aliphatic carbocycles. The lowest BCUT2D eigenvalue weighted by Gasteiger charge is -2.29. The number of hydrogen-bond acceptors (Lipinski definition) is 5. The molecule has 2 saturated heterocycles. The molecule has 0 saturated carbocycles. The first-order chi connectivity index (χ1) is 11.3. The molecule has 5 nitrogen and oxygen atoms in total. The molecule has 23 heavy (non-hydrogen) atoms. The lowest BCUT2D eigenvalue weighted by atomic mass is 10.0. The number of piperidine rings is 1. The Bertz CT molecular complexity index is 508. The molecule has 2 aliphatic heterocycles. The van der Waals surface area contributed by atoms with Crippen LogP contribution in [0.15, 0.2) is 30.3 Å². The van der Waals surface area contributed by atoms with Crippen molar-refractivity contribution in [3.63, 3.8) is 0 Å². The van der Waals surface area contributed by atoms with Crippen molar-refractivity contribution in [2.24, 2.45) is 0 Å². The molecule has 0 spiro atoms. The lowest BCUT2D eigenvalue weighted by Crippen LogP contribution is -2.44. The number of esters is 1. The van der Waals surface area contributed by atoms with E-state index in [4.69, 9.17) is 9.57 Å². The highest BCUT2D eigenvalue weighted by Gasteiger charge is 2.43. The molecule has 5 heteroatoms. The second-order valence-corrected chi connectivity index (χ2v) is 6.36. The first-order valence-electron chi connectivity index (χ1n) is 8.62. The highest BCUT2D eigenvalue weighted by Crippen LogP contribution is 2.29. The van der Waals surface area contributed by atoms with Crippen LogP contribution in [0.3, 0.4) is 0 Å².